The Morgan fingerprint density at radius 3 is 2.47 bits per heavy atom. The summed E-state index contributed by atoms with van der Waals surface area (Å²) in [5, 5.41) is 2.34. The first kappa shape index (κ1) is 22.7. The zero-order chi connectivity index (χ0) is 23.7. The van der Waals surface area contributed by atoms with Crippen molar-refractivity contribution >= 4 is 28.1 Å². The summed E-state index contributed by atoms with van der Waals surface area (Å²) in [4.78, 5) is 20.2. The Morgan fingerprint density at radius 2 is 1.71 bits per heavy atom. The van der Waals surface area contributed by atoms with Gasteiger partial charge in [-0.3, -0.25) is 9.69 Å². The van der Waals surface area contributed by atoms with Crippen LogP contribution >= 0.6 is 0 Å². The lowest BCUT2D eigenvalue weighted by molar-refractivity contribution is 0.0992. The summed E-state index contributed by atoms with van der Waals surface area (Å²) in [5.74, 6) is 1.63. The van der Waals surface area contributed by atoms with Gasteiger partial charge in [0.05, 0.1) is 12.8 Å². The Bertz CT molecular complexity index is 1170. The van der Waals surface area contributed by atoms with Crippen molar-refractivity contribution in [2.75, 3.05) is 49.6 Å². The van der Waals surface area contributed by atoms with Gasteiger partial charge in [0.25, 0.3) is 5.91 Å². The highest BCUT2D eigenvalue weighted by Crippen LogP contribution is 2.42. The smallest absolute Gasteiger partial charge is 0.258 e. The summed E-state index contributed by atoms with van der Waals surface area (Å²) in [6.07, 6.45) is 2.14. The molecule has 3 aromatic carbocycles. The van der Waals surface area contributed by atoms with Crippen LogP contribution in [-0.2, 0) is 6.54 Å². The van der Waals surface area contributed by atoms with E-state index in [4.69, 9.17) is 4.74 Å². The first-order valence-electron chi connectivity index (χ1n) is 12.5. The van der Waals surface area contributed by atoms with Crippen molar-refractivity contribution in [2.45, 2.75) is 33.2 Å². The molecule has 0 atom stereocenters. The average molecular weight is 458 g/mol. The summed E-state index contributed by atoms with van der Waals surface area (Å²) in [7, 11) is 1.71. The van der Waals surface area contributed by atoms with Crippen molar-refractivity contribution in [2.24, 2.45) is 5.92 Å². The number of nitrogens with zero attached hydrogens (tertiary/aromatic N) is 3. The minimum Gasteiger partial charge on any atom is -0.497 e. The minimum absolute atomic E-state index is 0.153. The van der Waals surface area contributed by atoms with Gasteiger partial charge in [-0.25, -0.2) is 0 Å². The van der Waals surface area contributed by atoms with Gasteiger partial charge in [0.2, 0.25) is 0 Å². The molecule has 0 spiro atoms. The van der Waals surface area contributed by atoms with E-state index in [1.165, 1.54) is 16.6 Å². The van der Waals surface area contributed by atoms with E-state index in [-0.39, 0.29) is 5.91 Å². The third-order valence-corrected chi connectivity index (χ3v) is 7.19. The van der Waals surface area contributed by atoms with E-state index >= 15 is 0 Å². The molecule has 3 aromatic rings. The predicted octanol–water partition coefficient (Wildman–Crippen LogP) is 5.57. The molecular weight excluding hydrogens is 422 g/mol. The molecule has 0 aliphatic carbocycles. The Hall–Kier alpha value is -3.05. The molecular formula is C29H35N3O2. The van der Waals surface area contributed by atoms with Crippen molar-refractivity contribution in [1.29, 1.82) is 0 Å². The summed E-state index contributed by atoms with van der Waals surface area (Å²) < 4.78 is 5.29. The number of ether oxygens (including phenoxy) is 1. The zero-order valence-corrected chi connectivity index (χ0v) is 20.6. The fraction of sp³-hybridized carbons (Fsp3) is 0.414. The first-order valence-corrected chi connectivity index (χ1v) is 12.5. The molecule has 0 radical (unpaired) electrons. The van der Waals surface area contributed by atoms with Gasteiger partial charge in [-0.2, -0.15) is 0 Å². The van der Waals surface area contributed by atoms with Gasteiger partial charge >= 0.3 is 0 Å². The number of rotatable bonds is 7. The SMILES string of the molecule is COc1ccc(CN2CCCN(c3ccc4c5c(cccc35)C(=O)N4CCC(C)C)CC2)cc1. The number of hydrogen-bond acceptors (Lipinski definition) is 4. The number of amides is 1. The molecule has 5 heteroatoms. The quantitative estimate of drug-likeness (QED) is 0.465. The largest absolute Gasteiger partial charge is 0.497 e. The molecule has 34 heavy (non-hydrogen) atoms. The molecule has 1 amide bonds. The molecule has 1 saturated heterocycles. The second-order valence-corrected chi connectivity index (χ2v) is 9.94. The fourth-order valence-electron chi connectivity index (χ4n) is 5.27. The maximum absolute atomic E-state index is 13.2. The van der Waals surface area contributed by atoms with Crippen molar-refractivity contribution in [1.82, 2.24) is 4.90 Å². The number of carbonyl (C=O) groups excluding carboxylic acids is 1. The Balaban J connectivity index is 1.35. The monoisotopic (exact) mass is 457 g/mol. The Labute approximate surface area is 202 Å². The van der Waals surface area contributed by atoms with Gasteiger partial charge in [-0.15, -0.1) is 0 Å². The first-order chi connectivity index (χ1) is 16.5. The third kappa shape index (κ3) is 4.37. The van der Waals surface area contributed by atoms with Crippen LogP contribution < -0.4 is 14.5 Å². The van der Waals surface area contributed by atoms with Crippen molar-refractivity contribution in [3.63, 3.8) is 0 Å². The highest BCUT2D eigenvalue weighted by molar-refractivity contribution is 6.26. The summed E-state index contributed by atoms with van der Waals surface area (Å²) in [6, 6.07) is 19.0. The van der Waals surface area contributed by atoms with Crippen LogP contribution in [-0.4, -0.2) is 50.6 Å². The lowest BCUT2D eigenvalue weighted by Crippen LogP contribution is -2.30. The second-order valence-electron chi connectivity index (χ2n) is 9.94. The van der Waals surface area contributed by atoms with E-state index in [2.05, 4.69) is 54.0 Å². The third-order valence-electron chi connectivity index (χ3n) is 7.19. The summed E-state index contributed by atoms with van der Waals surface area (Å²) >= 11 is 0. The molecule has 0 N–H and O–H groups in total. The van der Waals surface area contributed by atoms with Crippen LogP contribution in [0.15, 0.2) is 54.6 Å². The molecule has 2 heterocycles. The van der Waals surface area contributed by atoms with Gasteiger partial charge in [-0.1, -0.05) is 38.1 Å². The van der Waals surface area contributed by atoms with E-state index < -0.39 is 0 Å². The minimum atomic E-state index is 0.153. The van der Waals surface area contributed by atoms with Gasteiger partial charge in [-0.05, 0) is 54.7 Å². The van der Waals surface area contributed by atoms with Crippen LogP contribution in [0.25, 0.3) is 10.8 Å². The molecule has 5 rings (SSSR count). The van der Waals surface area contributed by atoms with Crippen LogP contribution in [0, 0.1) is 5.92 Å². The summed E-state index contributed by atoms with van der Waals surface area (Å²) in [6.45, 7) is 10.3. The lowest BCUT2D eigenvalue weighted by atomic mass is 10.0. The van der Waals surface area contributed by atoms with Crippen molar-refractivity contribution in [3.05, 3.63) is 65.7 Å². The van der Waals surface area contributed by atoms with E-state index in [0.717, 1.165) is 74.5 Å². The highest BCUT2D eigenvalue weighted by atomic mass is 16.5. The number of benzene rings is 3. The average Bonchev–Trinajstić information content (AvgIpc) is 2.98. The standard InChI is InChI=1S/C29H35N3O2/c1-21(2)14-17-32-27-13-12-26(24-6-4-7-25(28(24)27)29(32)33)31-16-5-15-30(18-19-31)20-22-8-10-23(34-3)11-9-22/h4,6-13,21H,5,14-20H2,1-3H3. The topological polar surface area (TPSA) is 36.0 Å². The summed E-state index contributed by atoms with van der Waals surface area (Å²) in [5.41, 5.74) is 4.51. The number of carbonyl (C=O) groups is 1. The number of hydrogen-bond donors (Lipinski definition) is 0. The van der Waals surface area contributed by atoms with Gasteiger partial charge in [0.15, 0.2) is 0 Å². The Morgan fingerprint density at radius 1 is 0.912 bits per heavy atom. The molecule has 1 fully saturated rings. The highest BCUT2D eigenvalue weighted by Gasteiger charge is 2.31. The van der Waals surface area contributed by atoms with Gasteiger partial charge in [0, 0.05) is 61.3 Å². The van der Waals surface area contributed by atoms with E-state index in [9.17, 15) is 4.79 Å². The molecule has 178 valence electrons. The molecule has 0 bridgehead atoms. The zero-order valence-electron chi connectivity index (χ0n) is 20.6. The van der Waals surface area contributed by atoms with E-state index in [1.54, 1.807) is 7.11 Å². The molecule has 0 saturated carbocycles. The van der Waals surface area contributed by atoms with Crippen molar-refractivity contribution < 1.29 is 9.53 Å². The Kier molecular flexibility index (Phi) is 6.46. The van der Waals surface area contributed by atoms with Crippen LogP contribution in [0.5, 0.6) is 5.75 Å². The molecule has 2 aliphatic heterocycles. The molecule has 2 aliphatic rings. The normalized spacial score (nSPS) is 16.5. The number of methoxy groups -OCH3 is 1. The molecule has 5 nitrogen and oxygen atoms in total. The van der Waals surface area contributed by atoms with Crippen molar-refractivity contribution in [3.8, 4) is 5.75 Å². The maximum atomic E-state index is 13.2. The lowest BCUT2D eigenvalue weighted by Gasteiger charge is -2.26. The number of anilines is 2. The van der Waals surface area contributed by atoms with Crippen LogP contribution in [0.4, 0.5) is 11.4 Å². The second kappa shape index (κ2) is 9.67. The maximum Gasteiger partial charge on any atom is 0.258 e. The fourth-order valence-corrected chi connectivity index (χ4v) is 5.27. The van der Waals surface area contributed by atoms with Crippen LogP contribution in [0.1, 0.15) is 42.6 Å². The van der Waals surface area contributed by atoms with Gasteiger partial charge in [0.1, 0.15) is 5.75 Å². The van der Waals surface area contributed by atoms with E-state index in [1.807, 2.05) is 29.2 Å². The predicted molar refractivity (Wildman–Crippen MR) is 140 cm³/mol. The molecule has 0 unspecified atom stereocenters. The molecule has 0 aromatic heterocycles. The van der Waals surface area contributed by atoms with Gasteiger partial charge < -0.3 is 14.5 Å². The van der Waals surface area contributed by atoms with E-state index in [0.29, 0.717) is 5.92 Å². The van der Waals surface area contributed by atoms with Crippen LogP contribution in [0.2, 0.25) is 0 Å². The van der Waals surface area contributed by atoms with Crippen LogP contribution in [0.3, 0.4) is 0 Å².